The lowest BCUT2D eigenvalue weighted by atomic mass is 10.0. The molecule has 3 rings (SSSR count). The van der Waals surface area contributed by atoms with E-state index in [4.69, 9.17) is 5.11 Å². The number of hydrogen-bond donors (Lipinski definition) is 3. The highest BCUT2D eigenvalue weighted by atomic mass is 16.4. The van der Waals surface area contributed by atoms with Crippen molar-refractivity contribution in [3.8, 4) is 0 Å². The Labute approximate surface area is 158 Å². The molecule has 0 aliphatic heterocycles. The highest BCUT2D eigenvalue weighted by molar-refractivity contribution is 5.91. The number of carboxylic acids is 1. The summed E-state index contributed by atoms with van der Waals surface area (Å²) in [6.07, 6.45) is 3.20. The molecule has 1 heterocycles. The molecule has 140 valence electrons. The Kier molecular flexibility index (Phi) is 5.91. The van der Waals surface area contributed by atoms with Crippen molar-refractivity contribution < 1.29 is 14.7 Å². The topological polar surface area (TPSA) is 82.2 Å². The molecule has 0 aliphatic rings. The first-order valence-electron chi connectivity index (χ1n) is 9.13. The molecule has 1 unspecified atom stereocenters. The second-order valence-electron chi connectivity index (χ2n) is 6.87. The van der Waals surface area contributed by atoms with Gasteiger partial charge in [0, 0.05) is 29.6 Å². The van der Waals surface area contributed by atoms with E-state index in [0.29, 0.717) is 12.8 Å². The lowest BCUT2D eigenvalue weighted by molar-refractivity contribution is -0.137. The minimum Gasteiger partial charge on any atom is -0.481 e. The van der Waals surface area contributed by atoms with Gasteiger partial charge in [-0.2, -0.15) is 0 Å². The Morgan fingerprint density at radius 3 is 2.63 bits per heavy atom. The molecule has 1 aromatic heterocycles. The number of nitrogens with one attached hydrogen (secondary N) is 2. The molecule has 0 radical (unpaired) electrons. The molecular weight excluding hydrogens is 340 g/mol. The van der Waals surface area contributed by atoms with Crippen LogP contribution >= 0.6 is 0 Å². The summed E-state index contributed by atoms with van der Waals surface area (Å²) in [4.78, 5) is 26.8. The van der Waals surface area contributed by atoms with Gasteiger partial charge in [0.2, 0.25) is 5.91 Å². The summed E-state index contributed by atoms with van der Waals surface area (Å²) in [6.45, 7) is 2.03. The van der Waals surface area contributed by atoms with Crippen molar-refractivity contribution in [2.24, 2.45) is 0 Å². The summed E-state index contributed by atoms with van der Waals surface area (Å²) in [5.74, 6) is -0.944. The maximum atomic E-state index is 12.6. The summed E-state index contributed by atoms with van der Waals surface area (Å²) >= 11 is 0. The van der Waals surface area contributed by atoms with Gasteiger partial charge in [-0.15, -0.1) is 0 Å². The van der Waals surface area contributed by atoms with Gasteiger partial charge in [0.1, 0.15) is 0 Å². The van der Waals surface area contributed by atoms with Gasteiger partial charge < -0.3 is 15.4 Å². The van der Waals surface area contributed by atoms with E-state index in [1.54, 1.807) is 0 Å². The molecule has 0 bridgehead atoms. The molecule has 27 heavy (non-hydrogen) atoms. The average molecular weight is 364 g/mol. The molecular formula is C22H24N2O3. The van der Waals surface area contributed by atoms with Crippen molar-refractivity contribution in [3.63, 3.8) is 0 Å². The number of carbonyl (C=O) groups excluding carboxylic acids is 1. The Bertz CT molecular complexity index is 931. The minimum atomic E-state index is -0.852. The first-order chi connectivity index (χ1) is 13.0. The van der Waals surface area contributed by atoms with Crippen LogP contribution in [-0.4, -0.2) is 28.0 Å². The number of aliphatic carboxylic acids is 1. The molecule has 2 aromatic carbocycles. The number of aryl methyl sites for hydroxylation is 1. The van der Waals surface area contributed by atoms with E-state index in [0.717, 1.165) is 27.6 Å². The van der Waals surface area contributed by atoms with Gasteiger partial charge >= 0.3 is 5.97 Å². The predicted molar refractivity (Wildman–Crippen MR) is 106 cm³/mol. The van der Waals surface area contributed by atoms with E-state index in [1.165, 1.54) is 0 Å². The Balaban J connectivity index is 1.70. The van der Waals surface area contributed by atoms with Crippen molar-refractivity contribution in [3.05, 3.63) is 71.4 Å². The SMILES string of the molecule is Cc1cccc2[nH]cc(CC(=O)NC(CCC(=O)O)Cc3ccccc3)c12. The van der Waals surface area contributed by atoms with E-state index in [2.05, 4.69) is 10.3 Å². The smallest absolute Gasteiger partial charge is 0.303 e. The normalized spacial score (nSPS) is 12.0. The molecule has 1 amide bonds. The van der Waals surface area contributed by atoms with Crippen molar-refractivity contribution >= 4 is 22.8 Å². The van der Waals surface area contributed by atoms with Crippen LogP contribution in [0.5, 0.6) is 0 Å². The molecule has 5 nitrogen and oxygen atoms in total. The van der Waals surface area contributed by atoms with E-state index in [1.807, 2.05) is 61.7 Å². The average Bonchev–Trinajstić information content (AvgIpc) is 3.04. The zero-order chi connectivity index (χ0) is 19.2. The quantitative estimate of drug-likeness (QED) is 0.571. The third-order valence-electron chi connectivity index (χ3n) is 4.74. The van der Waals surface area contributed by atoms with Crippen LogP contribution in [0.15, 0.2) is 54.7 Å². The van der Waals surface area contributed by atoms with Gasteiger partial charge in [-0.25, -0.2) is 0 Å². The first kappa shape index (κ1) is 18.7. The van der Waals surface area contributed by atoms with Crippen molar-refractivity contribution in [2.45, 2.75) is 38.6 Å². The third kappa shape index (κ3) is 4.97. The van der Waals surface area contributed by atoms with Crippen LogP contribution in [0.4, 0.5) is 0 Å². The van der Waals surface area contributed by atoms with Crippen LogP contribution in [-0.2, 0) is 22.4 Å². The predicted octanol–water partition coefficient (Wildman–Crippen LogP) is 3.61. The van der Waals surface area contributed by atoms with Gasteiger partial charge in [-0.3, -0.25) is 9.59 Å². The summed E-state index contributed by atoms with van der Waals surface area (Å²) in [5.41, 5.74) is 4.18. The van der Waals surface area contributed by atoms with Crippen LogP contribution in [0.2, 0.25) is 0 Å². The zero-order valence-corrected chi connectivity index (χ0v) is 15.4. The largest absolute Gasteiger partial charge is 0.481 e. The van der Waals surface area contributed by atoms with Crippen LogP contribution < -0.4 is 5.32 Å². The maximum Gasteiger partial charge on any atom is 0.303 e. The number of H-pyrrole nitrogens is 1. The molecule has 3 N–H and O–H groups in total. The first-order valence-corrected chi connectivity index (χ1v) is 9.13. The second kappa shape index (κ2) is 8.54. The summed E-state index contributed by atoms with van der Waals surface area (Å²) < 4.78 is 0. The van der Waals surface area contributed by atoms with Crippen LogP contribution in [0, 0.1) is 6.92 Å². The zero-order valence-electron chi connectivity index (χ0n) is 15.4. The molecule has 1 atom stereocenters. The van der Waals surface area contributed by atoms with Gasteiger partial charge in [-0.1, -0.05) is 42.5 Å². The molecule has 3 aromatic rings. The fourth-order valence-corrected chi connectivity index (χ4v) is 3.46. The Morgan fingerprint density at radius 2 is 1.89 bits per heavy atom. The van der Waals surface area contributed by atoms with Crippen LogP contribution in [0.3, 0.4) is 0 Å². The van der Waals surface area contributed by atoms with E-state index in [-0.39, 0.29) is 24.8 Å². The number of hydrogen-bond acceptors (Lipinski definition) is 2. The van der Waals surface area contributed by atoms with Crippen molar-refractivity contribution in [1.29, 1.82) is 0 Å². The van der Waals surface area contributed by atoms with E-state index >= 15 is 0 Å². The van der Waals surface area contributed by atoms with Gasteiger partial charge in [0.25, 0.3) is 0 Å². The van der Waals surface area contributed by atoms with Gasteiger partial charge in [-0.05, 0) is 42.5 Å². The second-order valence-corrected chi connectivity index (χ2v) is 6.87. The standard InChI is InChI=1S/C22H24N2O3/c1-15-6-5-9-19-22(15)17(14-23-19)13-20(25)24-18(10-11-21(26)27)12-16-7-3-2-4-8-16/h2-9,14,18,23H,10-13H2,1H3,(H,24,25)(H,26,27). The van der Waals surface area contributed by atoms with Crippen molar-refractivity contribution in [2.75, 3.05) is 0 Å². The number of aromatic amines is 1. The number of aromatic nitrogens is 1. The van der Waals surface area contributed by atoms with Crippen LogP contribution in [0.1, 0.15) is 29.5 Å². The van der Waals surface area contributed by atoms with Crippen molar-refractivity contribution in [1.82, 2.24) is 10.3 Å². The minimum absolute atomic E-state index is 0.0317. The summed E-state index contributed by atoms with van der Waals surface area (Å²) in [7, 11) is 0. The third-order valence-corrected chi connectivity index (χ3v) is 4.74. The van der Waals surface area contributed by atoms with E-state index < -0.39 is 5.97 Å². The molecule has 0 spiro atoms. The lowest BCUT2D eigenvalue weighted by Crippen LogP contribution is -2.37. The molecule has 0 fully saturated rings. The molecule has 0 saturated carbocycles. The van der Waals surface area contributed by atoms with Gasteiger partial charge in [0.15, 0.2) is 0 Å². The number of amides is 1. The maximum absolute atomic E-state index is 12.6. The monoisotopic (exact) mass is 364 g/mol. The van der Waals surface area contributed by atoms with Crippen LogP contribution in [0.25, 0.3) is 10.9 Å². The highest BCUT2D eigenvalue weighted by Crippen LogP contribution is 2.22. The Morgan fingerprint density at radius 1 is 1.11 bits per heavy atom. The number of rotatable bonds is 8. The molecule has 0 aliphatic carbocycles. The highest BCUT2D eigenvalue weighted by Gasteiger charge is 2.17. The number of fused-ring (bicyclic) bond motifs is 1. The number of carboxylic acid groups (broad SMARTS) is 1. The fourth-order valence-electron chi connectivity index (χ4n) is 3.46. The molecule has 0 saturated heterocycles. The van der Waals surface area contributed by atoms with E-state index in [9.17, 15) is 9.59 Å². The van der Waals surface area contributed by atoms with Gasteiger partial charge in [0.05, 0.1) is 6.42 Å². The number of carbonyl (C=O) groups is 2. The molecule has 5 heteroatoms. The Hall–Kier alpha value is -3.08. The fraction of sp³-hybridized carbons (Fsp3) is 0.273. The lowest BCUT2D eigenvalue weighted by Gasteiger charge is -2.18. The summed E-state index contributed by atoms with van der Waals surface area (Å²) in [6, 6.07) is 15.6. The summed E-state index contributed by atoms with van der Waals surface area (Å²) in [5, 5.41) is 13.1. The number of benzene rings is 2.